The van der Waals surface area contributed by atoms with Crippen LogP contribution in [0.25, 0.3) is 23.1 Å². The molecule has 0 radical (unpaired) electrons. The molecular formula is C10H7N5OS. The highest BCUT2D eigenvalue weighted by atomic mass is 32.1. The van der Waals surface area contributed by atoms with E-state index in [4.69, 9.17) is 10.3 Å². The lowest BCUT2D eigenvalue weighted by atomic mass is 10.3. The fraction of sp³-hybridized carbons (Fsp3) is 0. The van der Waals surface area contributed by atoms with E-state index in [1.807, 2.05) is 5.38 Å². The van der Waals surface area contributed by atoms with E-state index in [1.54, 1.807) is 23.7 Å². The predicted molar refractivity (Wildman–Crippen MR) is 63.0 cm³/mol. The van der Waals surface area contributed by atoms with Gasteiger partial charge in [0, 0.05) is 5.38 Å². The van der Waals surface area contributed by atoms with Crippen molar-refractivity contribution in [1.82, 2.24) is 20.1 Å². The SMILES string of the molecule is Nc1cccc(-c2nc(-c3cscn3)no2)n1. The molecule has 0 aromatic carbocycles. The van der Waals surface area contributed by atoms with Crippen LogP contribution in [0.3, 0.4) is 0 Å². The smallest absolute Gasteiger partial charge is 0.276 e. The molecule has 0 spiro atoms. The van der Waals surface area contributed by atoms with Gasteiger partial charge < -0.3 is 10.3 Å². The molecule has 0 atom stereocenters. The van der Waals surface area contributed by atoms with Gasteiger partial charge in [-0.3, -0.25) is 0 Å². The van der Waals surface area contributed by atoms with E-state index in [0.29, 0.717) is 28.9 Å². The molecule has 3 aromatic heterocycles. The first-order valence-electron chi connectivity index (χ1n) is 4.78. The van der Waals surface area contributed by atoms with Gasteiger partial charge in [-0.1, -0.05) is 11.2 Å². The summed E-state index contributed by atoms with van der Waals surface area (Å²) in [5.41, 5.74) is 8.54. The molecule has 0 saturated carbocycles. The number of anilines is 1. The maximum atomic E-state index is 5.59. The molecule has 3 aromatic rings. The molecule has 0 bridgehead atoms. The Balaban J connectivity index is 2.01. The Hall–Kier alpha value is -2.28. The number of pyridine rings is 1. The standard InChI is InChI=1S/C10H7N5OS/c11-8-3-1-2-6(13-8)10-14-9(15-16-10)7-4-17-5-12-7/h1-5H,(H2,11,13). The highest BCUT2D eigenvalue weighted by molar-refractivity contribution is 7.07. The minimum absolute atomic E-state index is 0.334. The van der Waals surface area contributed by atoms with Crippen molar-refractivity contribution < 1.29 is 4.52 Å². The van der Waals surface area contributed by atoms with Crippen LogP contribution in [-0.4, -0.2) is 20.1 Å². The van der Waals surface area contributed by atoms with Crippen molar-refractivity contribution in [2.75, 3.05) is 5.73 Å². The van der Waals surface area contributed by atoms with Crippen LogP contribution in [0.5, 0.6) is 0 Å². The van der Waals surface area contributed by atoms with Crippen molar-refractivity contribution in [1.29, 1.82) is 0 Å². The highest BCUT2D eigenvalue weighted by Crippen LogP contribution is 2.20. The second-order valence-electron chi connectivity index (χ2n) is 3.24. The molecule has 6 nitrogen and oxygen atoms in total. The van der Waals surface area contributed by atoms with Crippen LogP contribution in [0.1, 0.15) is 0 Å². The average Bonchev–Trinajstić information content (AvgIpc) is 3.00. The Labute approximate surface area is 100 Å². The Morgan fingerprint density at radius 3 is 2.88 bits per heavy atom. The summed E-state index contributed by atoms with van der Waals surface area (Å²) in [6.07, 6.45) is 0. The maximum absolute atomic E-state index is 5.59. The number of nitrogens with two attached hydrogens (primary N) is 1. The fourth-order valence-corrected chi connectivity index (χ4v) is 1.86. The second-order valence-corrected chi connectivity index (χ2v) is 3.96. The summed E-state index contributed by atoms with van der Waals surface area (Å²) >= 11 is 1.47. The van der Waals surface area contributed by atoms with Crippen molar-refractivity contribution in [3.05, 3.63) is 29.1 Å². The zero-order valence-corrected chi connectivity index (χ0v) is 9.39. The summed E-state index contributed by atoms with van der Waals surface area (Å²) in [6.45, 7) is 0. The van der Waals surface area contributed by atoms with Crippen LogP contribution in [0.2, 0.25) is 0 Å². The van der Waals surface area contributed by atoms with Crippen LogP contribution in [0, 0.1) is 0 Å². The molecule has 0 fully saturated rings. The van der Waals surface area contributed by atoms with Gasteiger partial charge in [-0.05, 0) is 12.1 Å². The maximum Gasteiger partial charge on any atom is 0.276 e. The molecule has 0 amide bonds. The molecule has 2 N–H and O–H groups in total. The first-order valence-corrected chi connectivity index (χ1v) is 5.72. The molecule has 0 unspecified atom stereocenters. The van der Waals surface area contributed by atoms with Gasteiger partial charge >= 0.3 is 0 Å². The molecule has 3 rings (SSSR count). The molecule has 0 aliphatic heterocycles. The zero-order valence-electron chi connectivity index (χ0n) is 8.57. The third-order valence-electron chi connectivity index (χ3n) is 2.08. The zero-order chi connectivity index (χ0) is 11.7. The molecule has 84 valence electrons. The van der Waals surface area contributed by atoms with E-state index in [2.05, 4.69) is 20.1 Å². The number of nitrogens with zero attached hydrogens (tertiary/aromatic N) is 4. The number of nitrogen functional groups attached to an aromatic ring is 1. The van der Waals surface area contributed by atoms with Crippen LogP contribution in [0.15, 0.2) is 33.6 Å². The number of thiazole rings is 1. The number of aromatic nitrogens is 4. The lowest BCUT2D eigenvalue weighted by molar-refractivity contribution is 0.431. The Morgan fingerprint density at radius 2 is 2.12 bits per heavy atom. The van der Waals surface area contributed by atoms with Crippen LogP contribution in [-0.2, 0) is 0 Å². The van der Waals surface area contributed by atoms with Crippen LogP contribution >= 0.6 is 11.3 Å². The van der Waals surface area contributed by atoms with Crippen LogP contribution in [0.4, 0.5) is 5.82 Å². The fourth-order valence-electron chi connectivity index (χ4n) is 1.33. The van der Waals surface area contributed by atoms with Gasteiger partial charge in [0.25, 0.3) is 5.89 Å². The van der Waals surface area contributed by atoms with E-state index < -0.39 is 0 Å². The van der Waals surface area contributed by atoms with Gasteiger partial charge in [-0.2, -0.15) is 4.98 Å². The third-order valence-corrected chi connectivity index (χ3v) is 2.66. The summed E-state index contributed by atoms with van der Waals surface area (Å²) in [5, 5.41) is 5.69. The van der Waals surface area contributed by atoms with Gasteiger partial charge in [0.2, 0.25) is 5.82 Å². The topological polar surface area (TPSA) is 90.7 Å². The lowest BCUT2D eigenvalue weighted by Crippen LogP contribution is -1.91. The van der Waals surface area contributed by atoms with Crippen molar-refractivity contribution in [3.63, 3.8) is 0 Å². The normalized spacial score (nSPS) is 10.6. The molecule has 0 aliphatic rings. The van der Waals surface area contributed by atoms with E-state index in [1.165, 1.54) is 11.3 Å². The van der Waals surface area contributed by atoms with Crippen molar-refractivity contribution in [2.45, 2.75) is 0 Å². The first kappa shape index (κ1) is 9.91. The van der Waals surface area contributed by atoms with Crippen molar-refractivity contribution in [2.24, 2.45) is 0 Å². The Morgan fingerprint density at radius 1 is 1.18 bits per heavy atom. The first-order chi connectivity index (χ1) is 8.33. The van der Waals surface area contributed by atoms with Gasteiger partial charge in [0.1, 0.15) is 17.2 Å². The minimum atomic E-state index is 0.334. The summed E-state index contributed by atoms with van der Waals surface area (Å²) in [5.74, 6) is 1.20. The van der Waals surface area contributed by atoms with Gasteiger partial charge in [0.15, 0.2) is 0 Å². The summed E-state index contributed by atoms with van der Waals surface area (Å²) in [6, 6.07) is 5.24. The Kier molecular flexibility index (Phi) is 2.30. The lowest BCUT2D eigenvalue weighted by Gasteiger charge is -1.93. The molecule has 17 heavy (non-hydrogen) atoms. The average molecular weight is 245 g/mol. The van der Waals surface area contributed by atoms with E-state index in [9.17, 15) is 0 Å². The molecule has 0 aliphatic carbocycles. The molecule has 7 heteroatoms. The van der Waals surface area contributed by atoms with Crippen molar-refractivity contribution >= 4 is 17.2 Å². The molecule has 0 saturated heterocycles. The summed E-state index contributed by atoms with van der Waals surface area (Å²) in [7, 11) is 0. The monoisotopic (exact) mass is 245 g/mol. The molecule has 3 heterocycles. The third kappa shape index (κ3) is 1.87. The quantitative estimate of drug-likeness (QED) is 0.740. The van der Waals surface area contributed by atoms with E-state index in [-0.39, 0.29) is 0 Å². The van der Waals surface area contributed by atoms with Gasteiger partial charge in [0.05, 0.1) is 5.51 Å². The largest absolute Gasteiger partial charge is 0.384 e. The number of hydrogen-bond acceptors (Lipinski definition) is 7. The van der Waals surface area contributed by atoms with E-state index >= 15 is 0 Å². The Bertz CT molecular complexity index is 634. The van der Waals surface area contributed by atoms with Gasteiger partial charge in [-0.15, -0.1) is 11.3 Å². The summed E-state index contributed by atoms with van der Waals surface area (Å²) < 4.78 is 5.11. The number of hydrogen-bond donors (Lipinski definition) is 1. The number of rotatable bonds is 2. The summed E-state index contributed by atoms with van der Waals surface area (Å²) in [4.78, 5) is 12.4. The highest BCUT2D eigenvalue weighted by Gasteiger charge is 2.12. The van der Waals surface area contributed by atoms with Gasteiger partial charge in [-0.25, -0.2) is 9.97 Å². The molecular weight excluding hydrogens is 238 g/mol. The predicted octanol–water partition coefficient (Wildman–Crippen LogP) is 1.84. The van der Waals surface area contributed by atoms with Crippen LogP contribution < -0.4 is 5.73 Å². The van der Waals surface area contributed by atoms with E-state index in [0.717, 1.165) is 0 Å². The minimum Gasteiger partial charge on any atom is -0.384 e. The van der Waals surface area contributed by atoms with Crippen molar-refractivity contribution in [3.8, 4) is 23.1 Å². The second kappa shape index (κ2) is 3.95.